The normalized spacial score (nSPS) is 14.9. The van der Waals surface area contributed by atoms with Gasteiger partial charge in [0.05, 0.1) is 18.2 Å². The summed E-state index contributed by atoms with van der Waals surface area (Å²) in [4.78, 5) is 24.3. The molecule has 136 valence electrons. The summed E-state index contributed by atoms with van der Waals surface area (Å²) in [6.07, 6.45) is 2.39. The van der Waals surface area contributed by atoms with E-state index in [1.807, 2.05) is 0 Å². The Morgan fingerprint density at radius 1 is 1.08 bits per heavy atom. The van der Waals surface area contributed by atoms with Crippen LogP contribution in [0, 0.1) is 5.82 Å². The van der Waals surface area contributed by atoms with Crippen LogP contribution in [0.2, 0.25) is 0 Å². The van der Waals surface area contributed by atoms with Gasteiger partial charge in [0.1, 0.15) is 11.6 Å². The Morgan fingerprint density at radius 2 is 1.77 bits per heavy atom. The number of amides is 2. The van der Waals surface area contributed by atoms with E-state index in [1.54, 1.807) is 30.3 Å². The van der Waals surface area contributed by atoms with E-state index in [9.17, 15) is 14.0 Å². The number of anilines is 2. The quantitative estimate of drug-likeness (QED) is 0.855. The molecule has 0 unspecified atom stereocenters. The van der Waals surface area contributed by atoms with E-state index in [2.05, 4.69) is 10.6 Å². The van der Waals surface area contributed by atoms with Crippen LogP contribution >= 0.6 is 0 Å². The molecule has 2 N–H and O–H groups in total. The Kier molecular flexibility index (Phi) is 4.93. The molecule has 0 atom stereocenters. The van der Waals surface area contributed by atoms with Gasteiger partial charge in [-0.05, 0) is 48.7 Å². The van der Waals surface area contributed by atoms with Gasteiger partial charge in [-0.3, -0.25) is 9.59 Å². The Bertz CT molecular complexity index is 829. The number of rotatable bonds is 5. The molecular weight excluding hydrogens is 335 g/mol. The SMILES string of the molecule is COc1ccc(NC(=O)C2(c3ccc(F)cc3)CCC2)cc1NC(C)=O. The van der Waals surface area contributed by atoms with Gasteiger partial charge >= 0.3 is 0 Å². The number of benzene rings is 2. The molecule has 0 radical (unpaired) electrons. The lowest BCUT2D eigenvalue weighted by Gasteiger charge is -2.40. The average Bonchev–Trinajstić information content (AvgIpc) is 2.55. The maximum absolute atomic E-state index is 13.2. The van der Waals surface area contributed by atoms with Crippen LogP contribution in [-0.2, 0) is 15.0 Å². The van der Waals surface area contributed by atoms with E-state index in [-0.39, 0.29) is 17.6 Å². The zero-order chi connectivity index (χ0) is 18.7. The third kappa shape index (κ3) is 3.40. The van der Waals surface area contributed by atoms with Crippen LogP contribution in [-0.4, -0.2) is 18.9 Å². The van der Waals surface area contributed by atoms with Gasteiger partial charge in [-0.25, -0.2) is 4.39 Å². The molecule has 0 bridgehead atoms. The van der Waals surface area contributed by atoms with Crippen molar-refractivity contribution in [1.82, 2.24) is 0 Å². The molecule has 26 heavy (non-hydrogen) atoms. The summed E-state index contributed by atoms with van der Waals surface area (Å²) in [5.41, 5.74) is 1.23. The fourth-order valence-electron chi connectivity index (χ4n) is 3.27. The molecule has 1 saturated carbocycles. The molecular formula is C20H21FN2O3. The number of halogens is 1. The Balaban J connectivity index is 1.84. The highest BCUT2D eigenvalue weighted by Gasteiger charge is 2.45. The maximum atomic E-state index is 13.2. The third-order valence-electron chi connectivity index (χ3n) is 4.81. The second-order valence-corrected chi connectivity index (χ2v) is 6.49. The smallest absolute Gasteiger partial charge is 0.235 e. The minimum Gasteiger partial charge on any atom is -0.495 e. The van der Waals surface area contributed by atoms with Crippen molar-refractivity contribution >= 4 is 23.2 Å². The summed E-state index contributed by atoms with van der Waals surface area (Å²) < 4.78 is 18.4. The summed E-state index contributed by atoms with van der Waals surface area (Å²) >= 11 is 0. The van der Waals surface area contributed by atoms with Crippen LogP contribution in [0.5, 0.6) is 5.75 Å². The third-order valence-corrected chi connectivity index (χ3v) is 4.81. The van der Waals surface area contributed by atoms with Crippen LogP contribution in [0.4, 0.5) is 15.8 Å². The second-order valence-electron chi connectivity index (χ2n) is 6.49. The summed E-state index contributed by atoms with van der Waals surface area (Å²) in [6, 6.07) is 11.2. The highest BCUT2D eigenvalue weighted by atomic mass is 19.1. The largest absolute Gasteiger partial charge is 0.495 e. The van der Waals surface area contributed by atoms with Gasteiger partial charge < -0.3 is 15.4 Å². The van der Waals surface area contributed by atoms with Crippen LogP contribution in [0.25, 0.3) is 0 Å². The van der Waals surface area contributed by atoms with Crippen molar-refractivity contribution in [3.8, 4) is 5.75 Å². The zero-order valence-corrected chi connectivity index (χ0v) is 14.8. The Labute approximate surface area is 151 Å². The topological polar surface area (TPSA) is 67.4 Å². The molecule has 0 aliphatic heterocycles. The lowest BCUT2D eigenvalue weighted by atomic mass is 9.64. The molecule has 0 saturated heterocycles. The second kappa shape index (κ2) is 7.15. The minimum absolute atomic E-state index is 0.130. The Morgan fingerprint density at radius 3 is 2.31 bits per heavy atom. The number of methoxy groups -OCH3 is 1. The van der Waals surface area contributed by atoms with Crippen molar-refractivity contribution in [2.45, 2.75) is 31.6 Å². The summed E-state index contributed by atoms with van der Waals surface area (Å²) in [7, 11) is 1.51. The number of carbonyl (C=O) groups excluding carboxylic acids is 2. The van der Waals surface area contributed by atoms with Crippen molar-refractivity contribution in [2.24, 2.45) is 0 Å². The molecule has 1 aliphatic rings. The first-order valence-electron chi connectivity index (χ1n) is 8.48. The molecule has 2 amide bonds. The van der Waals surface area contributed by atoms with Crippen molar-refractivity contribution in [1.29, 1.82) is 0 Å². The van der Waals surface area contributed by atoms with E-state index in [0.717, 1.165) is 24.8 Å². The molecule has 5 nitrogen and oxygen atoms in total. The first-order chi connectivity index (χ1) is 12.4. The number of nitrogens with one attached hydrogen (secondary N) is 2. The lowest BCUT2D eigenvalue weighted by Crippen LogP contribution is -2.46. The van der Waals surface area contributed by atoms with Gasteiger partial charge in [0.25, 0.3) is 0 Å². The van der Waals surface area contributed by atoms with Crippen LogP contribution in [0.3, 0.4) is 0 Å². The van der Waals surface area contributed by atoms with E-state index in [1.165, 1.54) is 26.2 Å². The maximum Gasteiger partial charge on any atom is 0.235 e. The van der Waals surface area contributed by atoms with E-state index < -0.39 is 5.41 Å². The van der Waals surface area contributed by atoms with Gasteiger partial charge in [0, 0.05) is 12.6 Å². The van der Waals surface area contributed by atoms with Gasteiger partial charge in [-0.2, -0.15) is 0 Å². The first kappa shape index (κ1) is 17.9. The van der Waals surface area contributed by atoms with Gasteiger partial charge in [0.15, 0.2) is 0 Å². The fraction of sp³-hybridized carbons (Fsp3) is 0.300. The molecule has 0 heterocycles. The molecule has 0 spiro atoms. The van der Waals surface area contributed by atoms with Crippen molar-refractivity contribution in [3.05, 3.63) is 53.8 Å². The zero-order valence-electron chi connectivity index (χ0n) is 14.8. The van der Waals surface area contributed by atoms with Crippen molar-refractivity contribution in [2.75, 3.05) is 17.7 Å². The van der Waals surface area contributed by atoms with E-state index >= 15 is 0 Å². The highest BCUT2D eigenvalue weighted by Crippen LogP contribution is 2.44. The standard InChI is InChI=1S/C20H21FN2O3/c1-13(24)22-17-12-16(8-9-18(17)26-2)23-19(25)20(10-3-11-20)14-4-6-15(21)7-5-14/h4-9,12H,3,10-11H2,1-2H3,(H,22,24)(H,23,25). The number of hydrogen-bond acceptors (Lipinski definition) is 3. The predicted molar refractivity (Wildman–Crippen MR) is 97.9 cm³/mol. The van der Waals surface area contributed by atoms with E-state index in [0.29, 0.717) is 17.1 Å². The summed E-state index contributed by atoms with van der Waals surface area (Å²) in [5.74, 6) is -0.170. The lowest BCUT2D eigenvalue weighted by molar-refractivity contribution is -0.124. The average molecular weight is 356 g/mol. The molecule has 2 aromatic rings. The van der Waals surface area contributed by atoms with Crippen LogP contribution < -0.4 is 15.4 Å². The number of carbonyl (C=O) groups is 2. The van der Waals surface area contributed by atoms with Crippen molar-refractivity contribution in [3.63, 3.8) is 0 Å². The van der Waals surface area contributed by atoms with E-state index in [4.69, 9.17) is 4.74 Å². The summed E-state index contributed by atoms with van der Waals surface area (Å²) in [5, 5.41) is 5.61. The molecule has 1 aliphatic carbocycles. The molecule has 6 heteroatoms. The Hall–Kier alpha value is -2.89. The summed E-state index contributed by atoms with van der Waals surface area (Å²) in [6.45, 7) is 1.41. The fourth-order valence-corrected chi connectivity index (χ4v) is 3.27. The molecule has 0 aromatic heterocycles. The van der Waals surface area contributed by atoms with Gasteiger partial charge in [-0.1, -0.05) is 18.6 Å². The number of ether oxygens (including phenoxy) is 1. The van der Waals surface area contributed by atoms with Crippen LogP contribution in [0.15, 0.2) is 42.5 Å². The number of hydrogen-bond donors (Lipinski definition) is 2. The molecule has 3 rings (SSSR count). The highest BCUT2D eigenvalue weighted by molar-refractivity contribution is 6.01. The van der Waals surface area contributed by atoms with Gasteiger partial charge in [0.2, 0.25) is 11.8 Å². The molecule has 2 aromatic carbocycles. The first-order valence-corrected chi connectivity index (χ1v) is 8.48. The molecule has 1 fully saturated rings. The van der Waals surface area contributed by atoms with Crippen molar-refractivity contribution < 1.29 is 18.7 Å². The predicted octanol–water partition coefficient (Wildman–Crippen LogP) is 3.85. The van der Waals surface area contributed by atoms with Crippen LogP contribution in [0.1, 0.15) is 31.7 Å². The monoisotopic (exact) mass is 356 g/mol. The van der Waals surface area contributed by atoms with Gasteiger partial charge in [-0.15, -0.1) is 0 Å². The minimum atomic E-state index is -0.637.